The summed E-state index contributed by atoms with van der Waals surface area (Å²) < 4.78 is 25.8. The van der Waals surface area contributed by atoms with Crippen molar-refractivity contribution in [2.75, 3.05) is 18.1 Å². The molecule has 0 fully saturated rings. The minimum absolute atomic E-state index is 0.0469. The molecule has 11 heteroatoms. The van der Waals surface area contributed by atoms with Crippen molar-refractivity contribution in [2.24, 2.45) is 0 Å². The smallest absolute Gasteiger partial charge is 0.337 e. The summed E-state index contributed by atoms with van der Waals surface area (Å²) in [5.74, 6) is -1.89. The van der Waals surface area contributed by atoms with Gasteiger partial charge in [0.2, 0.25) is 0 Å². The Labute approximate surface area is 189 Å². The second-order valence-electron chi connectivity index (χ2n) is 6.73. The zero-order chi connectivity index (χ0) is 24.2. The number of aliphatic hydroxyl groups excluding tert-OH is 1. The number of nitrogens with two attached hydrogens (primary N) is 1. The molecule has 0 saturated heterocycles. The first-order valence-corrected chi connectivity index (χ1v) is 10.9. The topological polar surface area (TPSA) is 163 Å². The fourth-order valence-corrected chi connectivity index (χ4v) is 4.38. The van der Waals surface area contributed by atoms with E-state index < -0.39 is 27.7 Å². The van der Waals surface area contributed by atoms with Crippen LogP contribution < -0.4 is 11.1 Å². The van der Waals surface area contributed by atoms with Crippen LogP contribution in [0.3, 0.4) is 0 Å². The van der Waals surface area contributed by atoms with Crippen LogP contribution in [0, 0.1) is 0 Å². The van der Waals surface area contributed by atoms with E-state index >= 15 is 0 Å². The maximum Gasteiger partial charge on any atom is 0.337 e. The lowest BCUT2D eigenvalue weighted by atomic mass is 10.1. The summed E-state index contributed by atoms with van der Waals surface area (Å²) in [5, 5.41) is 21.3. The monoisotopic (exact) mass is 468 g/mol. The number of carboxylic acid groups (broad SMARTS) is 1. The molecular weight excluding hydrogens is 448 g/mol. The lowest BCUT2D eigenvalue weighted by molar-refractivity contribution is -0.113. The van der Waals surface area contributed by atoms with E-state index in [2.05, 4.69) is 10.3 Å². The van der Waals surface area contributed by atoms with E-state index in [1.165, 1.54) is 31.4 Å². The van der Waals surface area contributed by atoms with E-state index in [4.69, 9.17) is 10.8 Å². The van der Waals surface area contributed by atoms with Gasteiger partial charge >= 0.3 is 5.97 Å². The number of pyridine rings is 1. The van der Waals surface area contributed by atoms with Gasteiger partial charge in [-0.05, 0) is 36.4 Å². The number of aliphatic hydroxyl groups is 1. The molecule has 1 aliphatic heterocycles. The van der Waals surface area contributed by atoms with E-state index in [9.17, 15) is 23.1 Å². The number of amides is 1. The highest BCUT2D eigenvalue weighted by molar-refractivity contribution is 7.89. The highest BCUT2D eigenvalue weighted by Gasteiger charge is 2.37. The molecule has 1 aliphatic rings. The standard InChI is InChI=1S/C15H13N3O4S.C7H7NO2/c1-18-13(15(20)17-12-8-4-5-9-16-12)14(19)10-6-2-3-7-11(10)23(18,21)22;8-6-4-2-1-3-5(6)7(9)10/h2-9,19H,1H3,(H,16,17,20);1-4H,8H2,(H,9,10). The van der Waals surface area contributed by atoms with Gasteiger partial charge in [0.15, 0.2) is 11.5 Å². The molecule has 1 aromatic heterocycles. The molecule has 10 nitrogen and oxygen atoms in total. The number of nitrogens with one attached hydrogen (secondary N) is 1. The largest absolute Gasteiger partial charge is 0.505 e. The van der Waals surface area contributed by atoms with Crippen molar-refractivity contribution in [2.45, 2.75) is 4.90 Å². The lowest BCUT2D eigenvalue weighted by Crippen LogP contribution is -2.37. The molecule has 0 bridgehead atoms. The molecule has 0 aliphatic carbocycles. The highest BCUT2D eigenvalue weighted by atomic mass is 32.2. The number of nitrogen functional groups attached to an aromatic ring is 1. The van der Waals surface area contributed by atoms with Crippen LogP contribution in [-0.4, -0.2) is 46.8 Å². The van der Waals surface area contributed by atoms with Crippen molar-refractivity contribution >= 4 is 39.2 Å². The van der Waals surface area contributed by atoms with Crippen molar-refractivity contribution in [1.29, 1.82) is 0 Å². The number of carbonyl (C=O) groups excluding carboxylic acids is 1. The number of carboxylic acids is 1. The van der Waals surface area contributed by atoms with Gasteiger partial charge in [-0.15, -0.1) is 0 Å². The number of rotatable bonds is 3. The summed E-state index contributed by atoms with van der Waals surface area (Å²) in [6.45, 7) is 0. The molecule has 2 aromatic carbocycles. The molecule has 1 amide bonds. The van der Waals surface area contributed by atoms with Crippen LogP contribution in [0.2, 0.25) is 0 Å². The average Bonchev–Trinajstić information content (AvgIpc) is 2.79. The Balaban J connectivity index is 0.000000257. The molecule has 5 N–H and O–H groups in total. The van der Waals surface area contributed by atoms with Gasteiger partial charge < -0.3 is 21.3 Å². The Bertz CT molecular complexity index is 1340. The highest BCUT2D eigenvalue weighted by Crippen LogP contribution is 2.34. The van der Waals surface area contributed by atoms with Gasteiger partial charge in [0.25, 0.3) is 15.9 Å². The molecule has 2 heterocycles. The first kappa shape index (κ1) is 23.3. The quantitative estimate of drug-likeness (QED) is 0.426. The Kier molecular flexibility index (Phi) is 6.64. The fourth-order valence-electron chi connectivity index (χ4n) is 2.99. The average molecular weight is 468 g/mol. The summed E-state index contributed by atoms with van der Waals surface area (Å²) in [5.41, 5.74) is 5.54. The normalized spacial score (nSPS) is 13.9. The predicted molar refractivity (Wildman–Crippen MR) is 122 cm³/mol. The summed E-state index contributed by atoms with van der Waals surface area (Å²) >= 11 is 0. The van der Waals surface area contributed by atoms with Crippen molar-refractivity contribution in [1.82, 2.24) is 9.29 Å². The van der Waals surface area contributed by atoms with Gasteiger partial charge in [-0.25, -0.2) is 18.2 Å². The SMILES string of the molecule is CN1C(C(=O)Nc2ccccn2)=C(O)c2ccccc2S1(=O)=O.Nc1ccccc1C(=O)O. The lowest BCUT2D eigenvalue weighted by Gasteiger charge is -2.28. The first-order valence-electron chi connectivity index (χ1n) is 9.46. The van der Waals surface area contributed by atoms with Crippen LogP contribution >= 0.6 is 0 Å². The second-order valence-corrected chi connectivity index (χ2v) is 8.67. The molecule has 0 unspecified atom stereocenters. The van der Waals surface area contributed by atoms with Crippen LogP contribution in [0.5, 0.6) is 0 Å². The summed E-state index contributed by atoms with van der Waals surface area (Å²) in [6, 6.07) is 17.2. The maximum absolute atomic E-state index is 12.5. The number of para-hydroxylation sites is 1. The second kappa shape index (κ2) is 9.40. The Morgan fingerprint density at radius 1 is 1.00 bits per heavy atom. The zero-order valence-electron chi connectivity index (χ0n) is 17.3. The molecule has 0 saturated carbocycles. The van der Waals surface area contributed by atoms with Crippen LogP contribution in [-0.2, 0) is 14.8 Å². The number of aromatic nitrogens is 1. The van der Waals surface area contributed by atoms with Crippen LogP contribution in [0.1, 0.15) is 15.9 Å². The Hall–Kier alpha value is -4.38. The summed E-state index contributed by atoms with van der Waals surface area (Å²) in [6.07, 6.45) is 1.49. The molecular formula is C22H20N4O6S. The molecule has 4 rings (SSSR count). The third-order valence-corrected chi connectivity index (χ3v) is 6.45. The minimum Gasteiger partial charge on any atom is -0.505 e. The third kappa shape index (κ3) is 4.77. The van der Waals surface area contributed by atoms with Gasteiger partial charge in [0, 0.05) is 24.5 Å². The number of carbonyl (C=O) groups is 2. The number of nitrogens with zero attached hydrogens (tertiary/aromatic N) is 2. The van der Waals surface area contributed by atoms with Gasteiger partial charge in [0.05, 0.1) is 10.5 Å². The van der Waals surface area contributed by atoms with Gasteiger partial charge in [-0.2, -0.15) is 0 Å². The number of anilines is 2. The van der Waals surface area contributed by atoms with Crippen molar-refractivity contribution in [3.05, 3.63) is 89.8 Å². The number of hydrogen-bond acceptors (Lipinski definition) is 7. The van der Waals surface area contributed by atoms with E-state index in [1.54, 1.807) is 48.5 Å². The molecule has 0 radical (unpaired) electrons. The van der Waals surface area contributed by atoms with Gasteiger partial charge in [0.1, 0.15) is 5.82 Å². The minimum atomic E-state index is -3.91. The first-order chi connectivity index (χ1) is 15.6. The number of sulfonamides is 1. The zero-order valence-corrected chi connectivity index (χ0v) is 18.2. The van der Waals surface area contributed by atoms with Crippen LogP contribution in [0.4, 0.5) is 11.5 Å². The molecule has 3 aromatic rings. The van der Waals surface area contributed by atoms with Crippen LogP contribution in [0.15, 0.2) is 83.5 Å². The molecule has 33 heavy (non-hydrogen) atoms. The van der Waals surface area contributed by atoms with Gasteiger partial charge in [-0.1, -0.05) is 30.3 Å². The summed E-state index contributed by atoms with van der Waals surface area (Å²) in [7, 11) is -2.69. The molecule has 0 spiro atoms. The number of hydrogen-bond donors (Lipinski definition) is 4. The number of likely N-dealkylation sites (N-methyl/N-ethyl adjacent to an activating group) is 1. The fraction of sp³-hybridized carbons (Fsp3) is 0.0455. The summed E-state index contributed by atoms with van der Waals surface area (Å²) in [4.78, 5) is 26.6. The van der Waals surface area contributed by atoms with Crippen molar-refractivity contribution in [3.8, 4) is 0 Å². The maximum atomic E-state index is 12.5. The Morgan fingerprint density at radius 3 is 2.24 bits per heavy atom. The van der Waals surface area contributed by atoms with E-state index in [0.29, 0.717) is 5.69 Å². The van der Waals surface area contributed by atoms with Crippen molar-refractivity contribution in [3.63, 3.8) is 0 Å². The third-order valence-electron chi connectivity index (χ3n) is 4.63. The number of benzene rings is 2. The van der Waals surface area contributed by atoms with Crippen molar-refractivity contribution < 1.29 is 28.2 Å². The number of fused-ring (bicyclic) bond motifs is 1. The van der Waals surface area contributed by atoms with E-state index in [0.717, 1.165) is 4.31 Å². The Morgan fingerprint density at radius 2 is 1.64 bits per heavy atom. The predicted octanol–water partition coefficient (Wildman–Crippen LogP) is 2.55. The van der Waals surface area contributed by atoms with Crippen LogP contribution in [0.25, 0.3) is 5.76 Å². The number of aromatic carboxylic acids is 1. The molecule has 170 valence electrons. The molecule has 0 atom stereocenters. The van der Waals surface area contributed by atoms with E-state index in [-0.39, 0.29) is 27.5 Å². The van der Waals surface area contributed by atoms with Gasteiger partial charge in [-0.3, -0.25) is 9.10 Å². The van der Waals surface area contributed by atoms with E-state index in [1.807, 2.05) is 0 Å².